The van der Waals surface area contributed by atoms with Crippen molar-refractivity contribution in [1.82, 2.24) is 9.78 Å². The SMILES string of the molecule is CCOC(=O)C(C(=O)OCC)c1ccccc1-n1nc(C)cc1C. The topological polar surface area (TPSA) is 70.4 Å². The number of aryl methyl sites for hydroxylation is 2. The Kier molecular flexibility index (Phi) is 5.73. The zero-order valence-corrected chi connectivity index (χ0v) is 14.4. The van der Waals surface area contributed by atoms with Crippen molar-refractivity contribution < 1.29 is 19.1 Å². The molecule has 1 heterocycles. The maximum Gasteiger partial charge on any atom is 0.324 e. The molecule has 0 fully saturated rings. The van der Waals surface area contributed by atoms with Crippen LogP contribution in [0.4, 0.5) is 0 Å². The number of aromatic nitrogens is 2. The summed E-state index contributed by atoms with van der Waals surface area (Å²) in [5.41, 5.74) is 2.94. The Bertz CT molecular complexity index is 718. The Labute approximate surface area is 141 Å². The third-order valence-electron chi connectivity index (χ3n) is 3.53. The molecule has 6 heteroatoms. The average Bonchev–Trinajstić information content (AvgIpc) is 2.87. The minimum Gasteiger partial charge on any atom is -0.465 e. The van der Waals surface area contributed by atoms with Crippen molar-refractivity contribution in [2.45, 2.75) is 33.6 Å². The largest absolute Gasteiger partial charge is 0.465 e. The maximum absolute atomic E-state index is 12.4. The van der Waals surface area contributed by atoms with Crippen LogP contribution in [0.5, 0.6) is 0 Å². The number of benzene rings is 1. The molecular formula is C18H22N2O4. The van der Waals surface area contributed by atoms with Gasteiger partial charge in [-0.25, -0.2) is 4.68 Å². The standard InChI is InChI=1S/C18H22N2O4/c1-5-23-17(21)16(18(22)24-6-2)14-9-7-8-10-15(14)20-13(4)11-12(3)19-20/h7-11,16H,5-6H2,1-4H3. The minimum absolute atomic E-state index is 0.191. The van der Waals surface area contributed by atoms with Crippen LogP contribution in [0.25, 0.3) is 5.69 Å². The van der Waals surface area contributed by atoms with Gasteiger partial charge in [-0.1, -0.05) is 18.2 Å². The highest BCUT2D eigenvalue weighted by Crippen LogP contribution is 2.27. The second-order valence-corrected chi connectivity index (χ2v) is 5.33. The minimum atomic E-state index is -1.13. The van der Waals surface area contributed by atoms with E-state index < -0.39 is 17.9 Å². The molecule has 0 aliphatic heterocycles. The van der Waals surface area contributed by atoms with Crippen molar-refractivity contribution in [2.24, 2.45) is 0 Å². The van der Waals surface area contributed by atoms with Gasteiger partial charge in [0.1, 0.15) is 0 Å². The van der Waals surface area contributed by atoms with Crippen molar-refractivity contribution in [3.63, 3.8) is 0 Å². The lowest BCUT2D eigenvalue weighted by Crippen LogP contribution is -2.27. The third kappa shape index (κ3) is 3.64. The third-order valence-corrected chi connectivity index (χ3v) is 3.53. The van der Waals surface area contributed by atoms with E-state index in [0.717, 1.165) is 11.4 Å². The quantitative estimate of drug-likeness (QED) is 0.601. The molecule has 2 aromatic rings. The molecule has 0 saturated heterocycles. The fraction of sp³-hybridized carbons (Fsp3) is 0.389. The summed E-state index contributed by atoms with van der Waals surface area (Å²) in [6.45, 7) is 7.59. The second kappa shape index (κ2) is 7.77. The molecule has 0 atom stereocenters. The van der Waals surface area contributed by atoms with Crippen LogP contribution < -0.4 is 0 Å². The molecule has 2 rings (SSSR count). The van der Waals surface area contributed by atoms with Gasteiger partial charge in [0.2, 0.25) is 0 Å². The van der Waals surface area contributed by atoms with E-state index >= 15 is 0 Å². The Morgan fingerprint density at radius 2 is 1.67 bits per heavy atom. The normalized spacial score (nSPS) is 10.7. The summed E-state index contributed by atoms with van der Waals surface area (Å²) >= 11 is 0. The molecule has 128 valence electrons. The van der Waals surface area contributed by atoms with Crippen LogP contribution in [-0.4, -0.2) is 34.9 Å². The van der Waals surface area contributed by atoms with Gasteiger partial charge in [-0.05, 0) is 39.8 Å². The van der Waals surface area contributed by atoms with E-state index in [1.165, 1.54) is 0 Å². The Morgan fingerprint density at radius 3 is 2.17 bits per heavy atom. The van der Waals surface area contributed by atoms with Gasteiger partial charge in [0.25, 0.3) is 0 Å². The van der Waals surface area contributed by atoms with Crippen LogP contribution in [0.3, 0.4) is 0 Å². The lowest BCUT2D eigenvalue weighted by atomic mass is 9.97. The fourth-order valence-corrected chi connectivity index (χ4v) is 2.60. The fourth-order valence-electron chi connectivity index (χ4n) is 2.60. The van der Waals surface area contributed by atoms with Crippen LogP contribution in [0.2, 0.25) is 0 Å². The zero-order valence-electron chi connectivity index (χ0n) is 14.4. The van der Waals surface area contributed by atoms with Crippen LogP contribution in [0.1, 0.15) is 36.7 Å². The predicted molar refractivity (Wildman–Crippen MR) is 89.0 cm³/mol. The molecule has 0 saturated carbocycles. The Hall–Kier alpha value is -2.63. The highest BCUT2D eigenvalue weighted by Gasteiger charge is 2.34. The van der Waals surface area contributed by atoms with Crippen molar-refractivity contribution >= 4 is 11.9 Å². The van der Waals surface area contributed by atoms with E-state index in [1.54, 1.807) is 30.7 Å². The molecule has 0 radical (unpaired) electrons. The summed E-state index contributed by atoms with van der Waals surface area (Å²) in [6.07, 6.45) is 0. The maximum atomic E-state index is 12.4. The zero-order chi connectivity index (χ0) is 17.7. The number of carbonyl (C=O) groups is 2. The van der Waals surface area contributed by atoms with Gasteiger partial charge in [-0.15, -0.1) is 0 Å². The van der Waals surface area contributed by atoms with E-state index in [9.17, 15) is 9.59 Å². The smallest absolute Gasteiger partial charge is 0.324 e. The van der Waals surface area contributed by atoms with E-state index in [-0.39, 0.29) is 13.2 Å². The predicted octanol–water partition coefficient (Wildman–Crippen LogP) is 2.70. The summed E-state index contributed by atoms with van der Waals surface area (Å²) in [7, 11) is 0. The summed E-state index contributed by atoms with van der Waals surface area (Å²) in [5.74, 6) is -2.38. The Morgan fingerprint density at radius 1 is 1.08 bits per heavy atom. The van der Waals surface area contributed by atoms with Crippen molar-refractivity contribution in [3.05, 3.63) is 47.3 Å². The number of carbonyl (C=O) groups excluding carboxylic acids is 2. The first-order chi connectivity index (χ1) is 11.5. The van der Waals surface area contributed by atoms with E-state index in [2.05, 4.69) is 5.10 Å². The number of hydrogen-bond donors (Lipinski definition) is 0. The molecule has 0 unspecified atom stereocenters. The van der Waals surface area contributed by atoms with Gasteiger partial charge in [0.05, 0.1) is 24.6 Å². The molecule has 1 aromatic carbocycles. The van der Waals surface area contributed by atoms with Gasteiger partial charge in [-0.2, -0.15) is 5.10 Å². The summed E-state index contributed by atoms with van der Waals surface area (Å²) < 4.78 is 11.9. The molecule has 0 aliphatic carbocycles. The molecule has 1 aromatic heterocycles. The van der Waals surface area contributed by atoms with Crippen LogP contribution >= 0.6 is 0 Å². The van der Waals surface area contributed by atoms with Gasteiger partial charge in [0, 0.05) is 11.3 Å². The van der Waals surface area contributed by atoms with Crippen molar-refractivity contribution in [2.75, 3.05) is 13.2 Å². The van der Waals surface area contributed by atoms with Crippen LogP contribution in [0.15, 0.2) is 30.3 Å². The number of ether oxygens (including phenoxy) is 2. The Balaban J connectivity index is 2.56. The average molecular weight is 330 g/mol. The van der Waals surface area contributed by atoms with E-state index in [0.29, 0.717) is 11.3 Å². The molecular weight excluding hydrogens is 308 g/mol. The van der Waals surface area contributed by atoms with Crippen molar-refractivity contribution in [3.8, 4) is 5.69 Å². The number of rotatable bonds is 6. The lowest BCUT2D eigenvalue weighted by molar-refractivity contribution is -0.156. The number of para-hydroxylation sites is 1. The van der Waals surface area contributed by atoms with Gasteiger partial charge in [-0.3, -0.25) is 9.59 Å². The number of nitrogens with zero attached hydrogens (tertiary/aromatic N) is 2. The molecule has 0 bridgehead atoms. The van der Waals surface area contributed by atoms with Crippen molar-refractivity contribution in [1.29, 1.82) is 0 Å². The van der Waals surface area contributed by atoms with Crippen LogP contribution in [-0.2, 0) is 19.1 Å². The molecule has 0 N–H and O–H groups in total. The van der Waals surface area contributed by atoms with Gasteiger partial charge in [0.15, 0.2) is 5.92 Å². The van der Waals surface area contributed by atoms with Crippen LogP contribution in [0, 0.1) is 13.8 Å². The van der Waals surface area contributed by atoms with Gasteiger partial charge < -0.3 is 9.47 Å². The summed E-state index contributed by atoms with van der Waals surface area (Å²) in [6, 6.07) is 9.09. The number of hydrogen-bond acceptors (Lipinski definition) is 5. The molecule has 0 amide bonds. The lowest BCUT2D eigenvalue weighted by Gasteiger charge is -2.18. The highest BCUT2D eigenvalue weighted by molar-refractivity contribution is 6.01. The van der Waals surface area contributed by atoms with E-state index in [1.807, 2.05) is 32.0 Å². The monoisotopic (exact) mass is 330 g/mol. The molecule has 0 spiro atoms. The molecule has 6 nitrogen and oxygen atoms in total. The molecule has 0 aliphatic rings. The summed E-state index contributed by atoms with van der Waals surface area (Å²) in [4.78, 5) is 24.8. The first-order valence-corrected chi connectivity index (χ1v) is 7.95. The second-order valence-electron chi connectivity index (χ2n) is 5.33. The van der Waals surface area contributed by atoms with E-state index in [4.69, 9.17) is 9.47 Å². The summed E-state index contributed by atoms with van der Waals surface area (Å²) in [5, 5.41) is 4.45. The number of esters is 2. The first kappa shape index (κ1) is 17.7. The van der Waals surface area contributed by atoms with Gasteiger partial charge >= 0.3 is 11.9 Å². The highest BCUT2D eigenvalue weighted by atomic mass is 16.6. The first-order valence-electron chi connectivity index (χ1n) is 7.95. The molecule has 24 heavy (non-hydrogen) atoms.